The summed E-state index contributed by atoms with van der Waals surface area (Å²) in [6, 6.07) is 1.96. The van der Waals surface area contributed by atoms with Crippen LogP contribution in [0.4, 0.5) is 23.4 Å². The van der Waals surface area contributed by atoms with E-state index in [4.69, 9.17) is 0 Å². The number of nitrogens with zero attached hydrogens (tertiary/aromatic N) is 3. The molecule has 4 bridgehead atoms. The molecular formula is C26H28F4N4O. The predicted molar refractivity (Wildman–Crippen MR) is 121 cm³/mol. The van der Waals surface area contributed by atoms with Crippen molar-refractivity contribution in [2.45, 2.75) is 57.7 Å². The van der Waals surface area contributed by atoms with Gasteiger partial charge in [0.2, 0.25) is 0 Å². The van der Waals surface area contributed by atoms with E-state index in [1.54, 1.807) is 0 Å². The first-order chi connectivity index (χ1) is 16.7. The lowest BCUT2D eigenvalue weighted by atomic mass is 9.49. The Morgan fingerprint density at radius 1 is 1.06 bits per heavy atom. The van der Waals surface area contributed by atoms with Gasteiger partial charge >= 0.3 is 6.18 Å². The summed E-state index contributed by atoms with van der Waals surface area (Å²) in [6.07, 6.45) is 5.27. The number of carbonyl (C=O) groups is 1. The Kier molecular flexibility index (Phi) is 5.30. The number of amides is 1. The van der Waals surface area contributed by atoms with E-state index >= 15 is 0 Å². The molecule has 0 atom stereocenters. The first kappa shape index (κ1) is 22.7. The molecule has 0 spiro atoms. The number of anilines is 1. The number of halogens is 4. The molecule has 0 radical (unpaired) electrons. The van der Waals surface area contributed by atoms with Gasteiger partial charge in [-0.2, -0.15) is 13.2 Å². The minimum Gasteiger partial charge on any atom is -0.369 e. The molecule has 4 saturated carbocycles. The number of nitrogens with one attached hydrogen (secondary N) is 1. The van der Waals surface area contributed by atoms with E-state index in [1.807, 2.05) is 0 Å². The molecule has 1 N–H and O–H groups in total. The number of rotatable bonds is 4. The zero-order chi connectivity index (χ0) is 24.4. The molecule has 5 nitrogen and oxygen atoms in total. The first-order valence-corrected chi connectivity index (χ1v) is 12.4. The highest BCUT2D eigenvalue weighted by atomic mass is 19.4. The highest BCUT2D eigenvalue weighted by molar-refractivity contribution is 5.94. The van der Waals surface area contributed by atoms with Gasteiger partial charge in [0.25, 0.3) is 5.91 Å². The summed E-state index contributed by atoms with van der Waals surface area (Å²) >= 11 is 0. The van der Waals surface area contributed by atoms with E-state index in [9.17, 15) is 22.4 Å². The molecule has 5 aliphatic rings. The Bertz CT molecular complexity index is 1130. The van der Waals surface area contributed by atoms with Gasteiger partial charge < -0.3 is 10.2 Å². The third kappa shape index (κ3) is 4.27. The fraction of sp³-hybridized carbons (Fsp3) is 0.577. The quantitative estimate of drug-likeness (QED) is 0.581. The zero-order valence-electron chi connectivity index (χ0n) is 19.4. The molecule has 4 fully saturated rings. The van der Waals surface area contributed by atoms with E-state index in [2.05, 4.69) is 15.3 Å². The molecule has 9 heteroatoms. The molecule has 2 aromatic rings. The van der Waals surface area contributed by atoms with Crippen molar-refractivity contribution in [3.05, 3.63) is 52.7 Å². The van der Waals surface area contributed by atoms with Gasteiger partial charge in [-0.05, 0) is 86.3 Å². The average Bonchev–Trinajstić information content (AvgIpc) is 2.80. The summed E-state index contributed by atoms with van der Waals surface area (Å²) in [7, 11) is 0. The van der Waals surface area contributed by atoms with Crippen LogP contribution in [0.5, 0.6) is 0 Å². The molecule has 1 amide bonds. The maximum absolute atomic E-state index is 13.8. The molecular weight excluding hydrogens is 460 g/mol. The van der Waals surface area contributed by atoms with Crippen LogP contribution in [-0.4, -0.2) is 33.9 Å². The van der Waals surface area contributed by atoms with Crippen LogP contribution in [0.2, 0.25) is 0 Å². The fourth-order valence-electron chi connectivity index (χ4n) is 7.52. The van der Waals surface area contributed by atoms with Gasteiger partial charge in [-0.15, -0.1) is 0 Å². The smallest absolute Gasteiger partial charge is 0.369 e. The molecule has 35 heavy (non-hydrogen) atoms. The van der Waals surface area contributed by atoms with Crippen molar-refractivity contribution in [1.82, 2.24) is 14.9 Å². The average molecular weight is 489 g/mol. The standard InChI is InChI=1S/C26H28F4N4O/c27-20-7-18(6-19(8-20)26(28,29)30)24(35)34-2-1-21-22(12-34)32-14-33-23(21)31-13-25-9-15-3-16(10-25)5-17(4-15)11-25/h6-8,14-17H,1-5,9-13H2,(H,31,32,33). The molecule has 0 unspecified atom stereocenters. The van der Waals surface area contributed by atoms with Crippen LogP contribution >= 0.6 is 0 Å². The monoisotopic (exact) mass is 488 g/mol. The Morgan fingerprint density at radius 2 is 1.74 bits per heavy atom. The molecule has 1 aromatic heterocycles. The normalized spacial score (nSPS) is 29.3. The molecule has 1 aromatic carbocycles. The molecule has 0 saturated heterocycles. The fourth-order valence-corrected chi connectivity index (χ4v) is 7.52. The first-order valence-electron chi connectivity index (χ1n) is 12.4. The van der Waals surface area contributed by atoms with Crippen molar-refractivity contribution in [3.63, 3.8) is 0 Å². The van der Waals surface area contributed by atoms with E-state index in [1.165, 1.54) is 49.8 Å². The second-order valence-corrected chi connectivity index (χ2v) is 11.1. The van der Waals surface area contributed by atoms with E-state index in [-0.39, 0.29) is 12.1 Å². The van der Waals surface area contributed by atoms with Gasteiger partial charge in [-0.3, -0.25) is 4.79 Å². The lowest BCUT2D eigenvalue weighted by Crippen LogP contribution is -2.49. The van der Waals surface area contributed by atoms with Crippen molar-refractivity contribution in [3.8, 4) is 0 Å². The van der Waals surface area contributed by atoms with Gasteiger partial charge in [0.15, 0.2) is 0 Å². The molecule has 186 valence electrons. The van der Waals surface area contributed by atoms with Crippen LogP contribution in [0.1, 0.15) is 65.7 Å². The maximum Gasteiger partial charge on any atom is 0.416 e. The second-order valence-electron chi connectivity index (χ2n) is 11.1. The molecule has 7 rings (SSSR count). The van der Waals surface area contributed by atoms with Gasteiger partial charge in [0, 0.05) is 24.2 Å². The number of hydrogen-bond acceptors (Lipinski definition) is 4. The van der Waals surface area contributed by atoms with Gasteiger partial charge in [0.05, 0.1) is 17.8 Å². The highest BCUT2D eigenvalue weighted by Gasteiger charge is 2.50. The highest BCUT2D eigenvalue weighted by Crippen LogP contribution is 2.60. The molecule has 1 aliphatic heterocycles. The number of benzene rings is 1. The summed E-state index contributed by atoms with van der Waals surface area (Å²) in [5.74, 6) is 1.66. The zero-order valence-corrected chi connectivity index (χ0v) is 19.4. The number of aromatic nitrogens is 2. The van der Waals surface area contributed by atoms with Gasteiger partial charge in [-0.25, -0.2) is 14.4 Å². The molecule has 4 aliphatic carbocycles. The van der Waals surface area contributed by atoms with Crippen LogP contribution in [0.15, 0.2) is 24.5 Å². The molecule has 2 heterocycles. The van der Waals surface area contributed by atoms with Crippen molar-refractivity contribution >= 4 is 11.7 Å². The van der Waals surface area contributed by atoms with Crippen LogP contribution < -0.4 is 5.32 Å². The second kappa shape index (κ2) is 8.17. The third-order valence-corrected chi connectivity index (χ3v) is 8.56. The van der Waals surface area contributed by atoms with Crippen LogP contribution in [0.3, 0.4) is 0 Å². The van der Waals surface area contributed by atoms with Gasteiger partial charge in [0.1, 0.15) is 18.0 Å². The lowest BCUT2D eigenvalue weighted by Gasteiger charge is -2.57. The Morgan fingerprint density at radius 3 is 2.40 bits per heavy atom. The number of hydrogen-bond donors (Lipinski definition) is 1. The van der Waals surface area contributed by atoms with E-state index < -0.39 is 23.5 Å². The Balaban J connectivity index is 1.17. The van der Waals surface area contributed by atoms with Crippen molar-refractivity contribution in [2.75, 3.05) is 18.4 Å². The number of alkyl halides is 3. The minimum atomic E-state index is -4.73. The summed E-state index contributed by atoms with van der Waals surface area (Å²) in [4.78, 5) is 23.2. The predicted octanol–water partition coefficient (Wildman–Crippen LogP) is 5.46. The number of carbonyl (C=O) groups excluding carboxylic acids is 1. The summed E-state index contributed by atoms with van der Waals surface area (Å²) in [6.45, 7) is 1.36. The summed E-state index contributed by atoms with van der Waals surface area (Å²) in [5.41, 5.74) is 0.500. The van der Waals surface area contributed by atoms with Crippen LogP contribution in [-0.2, 0) is 19.1 Å². The Hall–Kier alpha value is -2.71. The van der Waals surface area contributed by atoms with Gasteiger partial charge in [-0.1, -0.05) is 0 Å². The Labute approximate surface area is 201 Å². The summed E-state index contributed by atoms with van der Waals surface area (Å²) in [5, 5.41) is 3.61. The van der Waals surface area contributed by atoms with E-state index in [0.29, 0.717) is 36.2 Å². The van der Waals surface area contributed by atoms with E-state index in [0.717, 1.165) is 41.7 Å². The van der Waals surface area contributed by atoms with Crippen molar-refractivity contribution in [2.24, 2.45) is 23.2 Å². The van der Waals surface area contributed by atoms with Crippen molar-refractivity contribution in [1.29, 1.82) is 0 Å². The largest absolute Gasteiger partial charge is 0.416 e. The van der Waals surface area contributed by atoms with Crippen LogP contribution in [0, 0.1) is 29.0 Å². The maximum atomic E-state index is 13.8. The lowest BCUT2D eigenvalue weighted by molar-refractivity contribution is -0.137. The summed E-state index contributed by atoms with van der Waals surface area (Å²) < 4.78 is 53.1. The SMILES string of the molecule is O=C(c1cc(F)cc(C(F)(F)F)c1)N1CCc2c(ncnc2NCC23CC4CC(CC(C4)C2)C3)C1. The number of fused-ring (bicyclic) bond motifs is 1. The minimum absolute atomic E-state index is 0.153. The topological polar surface area (TPSA) is 58.1 Å². The van der Waals surface area contributed by atoms with Crippen LogP contribution in [0.25, 0.3) is 0 Å². The van der Waals surface area contributed by atoms with Crippen molar-refractivity contribution < 1.29 is 22.4 Å². The third-order valence-electron chi connectivity index (χ3n) is 8.56.